The first-order chi connectivity index (χ1) is 8.59. The Labute approximate surface area is 110 Å². The zero-order valence-electron chi connectivity index (χ0n) is 11.1. The van der Waals surface area contributed by atoms with Crippen molar-refractivity contribution < 1.29 is 13.2 Å². The highest BCUT2D eigenvalue weighted by atomic mass is 32.2. The Balaban J connectivity index is 1.59. The predicted molar refractivity (Wildman–Crippen MR) is 71.5 cm³/mol. The number of nitrogens with one attached hydrogen (secondary N) is 1. The van der Waals surface area contributed by atoms with Crippen molar-refractivity contribution in [3.05, 3.63) is 0 Å². The van der Waals surface area contributed by atoms with Gasteiger partial charge in [-0.05, 0) is 19.3 Å². The molecular weight excluding hydrogens is 252 g/mol. The van der Waals surface area contributed by atoms with Crippen molar-refractivity contribution in [1.82, 2.24) is 10.2 Å². The monoisotopic (exact) mass is 276 g/mol. The van der Waals surface area contributed by atoms with Crippen molar-refractivity contribution in [3.63, 3.8) is 0 Å². The van der Waals surface area contributed by atoms with Gasteiger partial charge in [-0.2, -0.15) is 0 Å². The first kappa shape index (κ1) is 14.2. The molecular formula is C12H24N2O3S. The number of piperidine rings is 1. The summed E-state index contributed by atoms with van der Waals surface area (Å²) in [5.41, 5.74) is 0. The van der Waals surface area contributed by atoms with Crippen LogP contribution in [-0.2, 0) is 14.6 Å². The minimum Gasteiger partial charge on any atom is -0.381 e. The van der Waals surface area contributed by atoms with Crippen LogP contribution in [0.2, 0.25) is 0 Å². The van der Waals surface area contributed by atoms with Gasteiger partial charge in [-0.25, -0.2) is 8.42 Å². The van der Waals surface area contributed by atoms with E-state index in [0.29, 0.717) is 17.6 Å². The first-order valence-electron chi connectivity index (χ1n) is 6.78. The molecule has 1 N–H and O–H groups in total. The zero-order chi connectivity index (χ0) is 13.0. The maximum atomic E-state index is 11.3. The predicted octanol–water partition coefficient (Wildman–Crippen LogP) is -0.126. The molecule has 2 fully saturated rings. The van der Waals surface area contributed by atoms with Crippen molar-refractivity contribution in [2.24, 2.45) is 0 Å². The topological polar surface area (TPSA) is 58.6 Å². The average molecular weight is 276 g/mol. The molecule has 0 aromatic heterocycles. The van der Waals surface area contributed by atoms with Gasteiger partial charge in [0.05, 0.1) is 17.6 Å². The van der Waals surface area contributed by atoms with E-state index < -0.39 is 9.84 Å². The second-order valence-corrected chi connectivity index (χ2v) is 7.56. The van der Waals surface area contributed by atoms with E-state index in [9.17, 15) is 8.42 Å². The molecule has 0 aromatic carbocycles. The van der Waals surface area contributed by atoms with Crippen LogP contribution in [0.5, 0.6) is 0 Å². The van der Waals surface area contributed by atoms with Crippen molar-refractivity contribution in [2.75, 3.05) is 44.8 Å². The van der Waals surface area contributed by atoms with Crippen molar-refractivity contribution >= 4 is 9.84 Å². The van der Waals surface area contributed by atoms with Gasteiger partial charge in [-0.1, -0.05) is 0 Å². The van der Waals surface area contributed by atoms with Gasteiger partial charge < -0.3 is 15.0 Å². The molecule has 18 heavy (non-hydrogen) atoms. The summed E-state index contributed by atoms with van der Waals surface area (Å²) in [6, 6.07) is 0.173. The molecule has 1 atom stereocenters. The van der Waals surface area contributed by atoms with Crippen molar-refractivity contribution in [2.45, 2.75) is 31.4 Å². The lowest BCUT2D eigenvalue weighted by Gasteiger charge is -2.31. The molecule has 6 heteroatoms. The number of sulfone groups is 1. The van der Waals surface area contributed by atoms with Crippen molar-refractivity contribution in [3.8, 4) is 0 Å². The van der Waals surface area contributed by atoms with Gasteiger partial charge in [0, 0.05) is 39.3 Å². The number of methoxy groups -OCH3 is 1. The highest BCUT2D eigenvalue weighted by Gasteiger charge is 2.27. The van der Waals surface area contributed by atoms with Crippen LogP contribution in [0.25, 0.3) is 0 Å². The molecule has 0 bridgehead atoms. The van der Waals surface area contributed by atoms with E-state index in [1.807, 2.05) is 0 Å². The molecule has 0 amide bonds. The number of rotatable bonds is 5. The fraction of sp³-hybridized carbons (Fsp3) is 1.00. The summed E-state index contributed by atoms with van der Waals surface area (Å²) in [6.07, 6.45) is 3.41. The van der Waals surface area contributed by atoms with Gasteiger partial charge in [0.15, 0.2) is 9.84 Å². The number of nitrogens with zero attached hydrogens (tertiary/aromatic N) is 1. The highest BCUT2D eigenvalue weighted by Crippen LogP contribution is 2.13. The van der Waals surface area contributed by atoms with Crippen LogP contribution in [0.1, 0.15) is 19.3 Å². The van der Waals surface area contributed by atoms with Gasteiger partial charge in [0.2, 0.25) is 0 Å². The molecule has 106 valence electrons. The van der Waals surface area contributed by atoms with Crippen LogP contribution >= 0.6 is 0 Å². The molecule has 0 aromatic rings. The third-order valence-corrected chi connectivity index (χ3v) is 5.73. The van der Waals surface area contributed by atoms with E-state index in [4.69, 9.17) is 4.74 Å². The lowest BCUT2D eigenvalue weighted by atomic mass is 10.1. The maximum Gasteiger partial charge on any atom is 0.151 e. The number of likely N-dealkylation sites (tertiary alicyclic amines) is 1. The SMILES string of the molecule is COC1CCN(CCNC2CCS(=O)(=O)C2)CC1. The third-order valence-electron chi connectivity index (χ3n) is 3.96. The second-order valence-electron chi connectivity index (χ2n) is 5.33. The molecule has 2 aliphatic rings. The summed E-state index contributed by atoms with van der Waals surface area (Å²) in [5.74, 6) is 0.669. The Bertz CT molecular complexity index is 350. The Morgan fingerprint density at radius 1 is 1.28 bits per heavy atom. The molecule has 2 aliphatic heterocycles. The average Bonchev–Trinajstić information content (AvgIpc) is 2.70. The summed E-state index contributed by atoms with van der Waals surface area (Å²) in [4.78, 5) is 2.42. The highest BCUT2D eigenvalue weighted by molar-refractivity contribution is 7.91. The molecule has 5 nitrogen and oxygen atoms in total. The maximum absolute atomic E-state index is 11.3. The van der Waals surface area contributed by atoms with Crippen LogP contribution in [0.4, 0.5) is 0 Å². The summed E-state index contributed by atoms with van der Waals surface area (Å²) >= 11 is 0. The molecule has 2 heterocycles. The molecule has 2 saturated heterocycles. The van der Waals surface area contributed by atoms with Gasteiger partial charge in [0.25, 0.3) is 0 Å². The summed E-state index contributed by atoms with van der Waals surface area (Å²) in [7, 11) is -0.974. The molecule has 0 aliphatic carbocycles. The van der Waals surface area contributed by atoms with E-state index in [1.54, 1.807) is 7.11 Å². The van der Waals surface area contributed by atoms with E-state index in [-0.39, 0.29) is 6.04 Å². The fourth-order valence-corrected chi connectivity index (χ4v) is 4.46. The van der Waals surface area contributed by atoms with Gasteiger partial charge in [-0.15, -0.1) is 0 Å². The van der Waals surface area contributed by atoms with Crippen LogP contribution in [-0.4, -0.2) is 70.3 Å². The minimum atomic E-state index is -2.75. The van der Waals surface area contributed by atoms with E-state index in [0.717, 1.165) is 45.4 Å². The zero-order valence-corrected chi connectivity index (χ0v) is 11.9. The van der Waals surface area contributed by atoms with Crippen molar-refractivity contribution in [1.29, 1.82) is 0 Å². The Morgan fingerprint density at radius 3 is 2.56 bits per heavy atom. The lowest BCUT2D eigenvalue weighted by Crippen LogP contribution is -2.42. The van der Waals surface area contributed by atoms with Crippen LogP contribution in [0, 0.1) is 0 Å². The van der Waals surface area contributed by atoms with Crippen LogP contribution < -0.4 is 5.32 Å². The van der Waals surface area contributed by atoms with Gasteiger partial charge in [-0.3, -0.25) is 0 Å². The molecule has 0 saturated carbocycles. The second kappa shape index (κ2) is 6.32. The summed E-state index contributed by atoms with van der Waals surface area (Å²) < 4.78 is 28.0. The van der Waals surface area contributed by atoms with Crippen LogP contribution in [0.3, 0.4) is 0 Å². The number of ether oxygens (including phenoxy) is 1. The molecule has 0 spiro atoms. The van der Waals surface area contributed by atoms with Gasteiger partial charge in [0.1, 0.15) is 0 Å². The summed E-state index contributed by atoms with van der Waals surface area (Å²) in [6.45, 7) is 4.07. The fourth-order valence-electron chi connectivity index (χ4n) is 2.75. The standard InChI is InChI=1S/C12H24N2O3S/c1-17-12-2-6-14(7-3-12)8-5-13-11-4-9-18(15,16)10-11/h11-13H,2-10H2,1H3. The number of hydrogen-bond donors (Lipinski definition) is 1. The first-order valence-corrected chi connectivity index (χ1v) is 8.60. The smallest absolute Gasteiger partial charge is 0.151 e. The largest absolute Gasteiger partial charge is 0.381 e. The summed E-state index contributed by atoms with van der Waals surface area (Å²) in [5, 5.41) is 3.36. The Hall–Kier alpha value is -0.170. The minimum absolute atomic E-state index is 0.173. The quantitative estimate of drug-likeness (QED) is 0.758. The van der Waals surface area contributed by atoms with E-state index >= 15 is 0 Å². The van der Waals surface area contributed by atoms with Gasteiger partial charge >= 0.3 is 0 Å². The molecule has 1 unspecified atom stereocenters. The lowest BCUT2D eigenvalue weighted by molar-refractivity contribution is 0.0413. The van der Waals surface area contributed by atoms with E-state index in [1.165, 1.54) is 0 Å². The number of hydrogen-bond acceptors (Lipinski definition) is 5. The molecule has 0 radical (unpaired) electrons. The van der Waals surface area contributed by atoms with Crippen LogP contribution in [0.15, 0.2) is 0 Å². The Kier molecular flexibility index (Phi) is 5.00. The molecule has 2 rings (SSSR count). The van der Waals surface area contributed by atoms with E-state index in [2.05, 4.69) is 10.2 Å². The Morgan fingerprint density at radius 2 is 2.00 bits per heavy atom. The third kappa shape index (κ3) is 4.19. The normalized spacial score (nSPS) is 29.7.